The Bertz CT molecular complexity index is 1350. The Hall–Kier alpha value is -4.06. The van der Waals surface area contributed by atoms with Crippen LogP contribution in [0.1, 0.15) is 56.0 Å². The quantitative estimate of drug-likeness (QED) is 0.238. The lowest BCUT2D eigenvalue weighted by molar-refractivity contribution is -0.140. The summed E-state index contributed by atoms with van der Waals surface area (Å²) >= 11 is 0. The van der Waals surface area contributed by atoms with Crippen LogP contribution >= 0.6 is 0 Å². The Morgan fingerprint density at radius 1 is 0.973 bits per heavy atom. The number of ether oxygens (including phenoxy) is 2. The molecular formula is C31H33NO5. The number of carbonyl (C=O) groups is 2. The molecule has 6 nitrogen and oxygen atoms in total. The van der Waals surface area contributed by atoms with Crippen LogP contribution in [0.3, 0.4) is 0 Å². The molecule has 192 valence electrons. The van der Waals surface area contributed by atoms with Gasteiger partial charge in [-0.1, -0.05) is 60.2 Å². The van der Waals surface area contributed by atoms with Gasteiger partial charge in [-0.15, -0.1) is 0 Å². The van der Waals surface area contributed by atoms with Gasteiger partial charge in [0.2, 0.25) is 0 Å². The number of ketones is 1. The number of aryl methyl sites for hydroxylation is 1. The summed E-state index contributed by atoms with van der Waals surface area (Å²) in [6, 6.07) is 21.3. The normalized spacial score (nSPS) is 17.2. The maximum atomic E-state index is 13.5. The van der Waals surface area contributed by atoms with E-state index >= 15 is 0 Å². The van der Waals surface area contributed by atoms with Crippen molar-refractivity contribution in [3.05, 3.63) is 101 Å². The topological polar surface area (TPSA) is 76.1 Å². The molecular weight excluding hydrogens is 466 g/mol. The van der Waals surface area contributed by atoms with E-state index in [4.69, 9.17) is 9.47 Å². The smallest absolute Gasteiger partial charge is 0.295 e. The number of para-hydroxylation sites is 1. The molecule has 0 saturated carbocycles. The number of aliphatic hydroxyl groups excluding tert-OH is 1. The summed E-state index contributed by atoms with van der Waals surface area (Å²) < 4.78 is 11.7. The maximum Gasteiger partial charge on any atom is 0.295 e. The predicted molar refractivity (Wildman–Crippen MR) is 143 cm³/mol. The van der Waals surface area contributed by atoms with Gasteiger partial charge in [-0.25, -0.2) is 0 Å². The monoisotopic (exact) mass is 499 g/mol. The van der Waals surface area contributed by atoms with Crippen LogP contribution in [-0.4, -0.2) is 33.9 Å². The van der Waals surface area contributed by atoms with Gasteiger partial charge in [0.1, 0.15) is 22.9 Å². The molecule has 1 atom stereocenters. The molecule has 0 radical (unpaired) electrons. The summed E-state index contributed by atoms with van der Waals surface area (Å²) in [4.78, 5) is 28.4. The second-order valence-corrected chi connectivity index (χ2v) is 10.1. The number of rotatable bonds is 7. The van der Waals surface area contributed by atoms with E-state index < -0.39 is 23.3 Å². The third-order valence-electron chi connectivity index (χ3n) is 6.05. The summed E-state index contributed by atoms with van der Waals surface area (Å²) in [5.41, 5.74) is 2.53. The predicted octanol–water partition coefficient (Wildman–Crippen LogP) is 6.19. The molecule has 1 fully saturated rings. The van der Waals surface area contributed by atoms with Crippen LogP contribution in [0.5, 0.6) is 11.5 Å². The number of hydrogen-bond donors (Lipinski definition) is 1. The Labute approximate surface area is 218 Å². The summed E-state index contributed by atoms with van der Waals surface area (Å²) in [6.45, 7) is 10.3. The lowest BCUT2D eigenvalue weighted by atomic mass is 9.94. The lowest BCUT2D eigenvalue weighted by Crippen LogP contribution is -2.30. The molecule has 1 heterocycles. The molecule has 1 saturated heterocycles. The van der Waals surface area contributed by atoms with Gasteiger partial charge in [-0.05, 0) is 58.4 Å². The van der Waals surface area contributed by atoms with Gasteiger partial charge in [0.15, 0.2) is 0 Å². The number of benzene rings is 3. The first-order valence-corrected chi connectivity index (χ1v) is 12.4. The van der Waals surface area contributed by atoms with Crippen LogP contribution < -0.4 is 9.47 Å². The van der Waals surface area contributed by atoms with Crippen molar-refractivity contribution in [2.45, 2.75) is 52.8 Å². The minimum Gasteiger partial charge on any atom is -0.507 e. The Balaban J connectivity index is 1.84. The number of nitrogens with zero attached hydrogens (tertiary/aromatic N) is 1. The van der Waals surface area contributed by atoms with Crippen molar-refractivity contribution in [1.82, 2.24) is 4.90 Å². The maximum absolute atomic E-state index is 13.5. The van der Waals surface area contributed by atoms with Gasteiger partial charge in [0.05, 0.1) is 24.8 Å². The molecule has 0 spiro atoms. The highest BCUT2D eigenvalue weighted by Crippen LogP contribution is 2.41. The van der Waals surface area contributed by atoms with Crippen molar-refractivity contribution in [2.75, 3.05) is 6.61 Å². The van der Waals surface area contributed by atoms with Crippen molar-refractivity contribution in [3.63, 3.8) is 0 Å². The average Bonchev–Trinajstić information content (AvgIpc) is 3.09. The van der Waals surface area contributed by atoms with Crippen molar-refractivity contribution in [3.8, 4) is 11.5 Å². The standard InChI is InChI=1S/C31H33NO5/c1-6-36-24-15-10-14-22(18-24)28(33)26-27(21-13-9-11-20(2)17-21)32(30(35)29(26)34)19-23-12-7-8-16-25(23)37-31(3,4)5/h7-18,27,33H,6,19H2,1-5H3/b28-26+. The molecule has 1 N–H and O–H groups in total. The van der Waals surface area contributed by atoms with Gasteiger partial charge in [0.25, 0.3) is 11.7 Å². The van der Waals surface area contributed by atoms with Crippen molar-refractivity contribution >= 4 is 17.4 Å². The van der Waals surface area contributed by atoms with E-state index in [1.54, 1.807) is 24.3 Å². The zero-order valence-corrected chi connectivity index (χ0v) is 21.9. The van der Waals surface area contributed by atoms with Crippen molar-refractivity contribution in [1.29, 1.82) is 0 Å². The van der Waals surface area contributed by atoms with E-state index in [9.17, 15) is 14.7 Å². The third kappa shape index (κ3) is 5.69. The molecule has 0 aromatic heterocycles. The molecule has 37 heavy (non-hydrogen) atoms. The molecule has 1 amide bonds. The van der Waals surface area contributed by atoms with E-state index in [1.807, 2.05) is 83.1 Å². The fraction of sp³-hybridized carbons (Fsp3) is 0.290. The summed E-state index contributed by atoms with van der Waals surface area (Å²) in [5.74, 6) is -0.404. The lowest BCUT2D eigenvalue weighted by Gasteiger charge is -2.28. The SMILES string of the molecule is CCOc1cccc(/C(O)=C2\C(=O)C(=O)N(Cc3ccccc3OC(C)(C)C)C2c2cccc(C)c2)c1. The average molecular weight is 500 g/mol. The zero-order chi connectivity index (χ0) is 26.7. The molecule has 3 aromatic rings. The second-order valence-electron chi connectivity index (χ2n) is 10.1. The number of carbonyl (C=O) groups excluding carboxylic acids is 2. The van der Waals surface area contributed by atoms with Crippen LogP contribution in [0.25, 0.3) is 5.76 Å². The third-order valence-corrected chi connectivity index (χ3v) is 6.05. The molecule has 0 bridgehead atoms. The zero-order valence-electron chi connectivity index (χ0n) is 21.9. The largest absolute Gasteiger partial charge is 0.507 e. The number of likely N-dealkylation sites (tertiary alicyclic amines) is 1. The van der Waals surface area contributed by atoms with E-state index in [-0.39, 0.29) is 17.9 Å². The molecule has 1 aliphatic rings. The Kier molecular flexibility index (Phi) is 7.39. The summed E-state index contributed by atoms with van der Waals surface area (Å²) in [6.07, 6.45) is 0. The van der Waals surface area contributed by atoms with E-state index in [0.717, 1.165) is 16.7 Å². The fourth-order valence-electron chi connectivity index (χ4n) is 4.53. The van der Waals surface area contributed by atoms with Gasteiger partial charge < -0.3 is 19.5 Å². The van der Waals surface area contributed by atoms with Gasteiger partial charge >= 0.3 is 0 Å². The minimum absolute atomic E-state index is 0.0541. The fourth-order valence-corrected chi connectivity index (χ4v) is 4.53. The van der Waals surface area contributed by atoms with Gasteiger partial charge in [0, 0.05) is 11.1 Å². The first-order valence-electron chi connectivity index (χ1n) is 12.4. The van der Waals surface area contributed by atoms with E-state index in [0.29, 0.717) is 23.7 Å². The highest BCUT2D eigenvalue weighted by Gasteiger charge is 2.46. The van der Waals surface area contributed by atoms with E-state index in [2.05, 4.69) is 0 Å². The summed E-state index contributed by atoms with van der Waals surface area (Å²) in [5, 5.41) is 11.4. The first-order chi connectivity index (χ1) is 17.6. The summed E-state index contributed by atoms with van der Waals surface area (Å²) in [7, 11) is 0. The molecule has 6 heteroatoms. The molecule has 1 unspecified atom stereocenters. The number of aliphatic hydroxyl groups is 1. The number of amides is 1. The van der Waals surface area contributed by atoms with Crippen molar-refractivity contribution in [2.24, 2.45) is 0 Å². The molecule has 4 rings (SSSR count). The van der Waals surface area contributed by atoms with Crippen LogP contribution in [0.15, 0.2) is 78.4 Å². The minimum atomic E-state index is -0.765. The molecule has 0 aliphatic carbocycles. The number of hydrogen-bond acceptors (Lipinski definition) is 5. The van der Waals surface area contributed by atoms with Crippen LogP contribution in [0.2, 0.25) is 0 Å². The van der Waals surface area contributed by atoms with Gasteiger partial charge in [-0.3, -0.25) is 9.59 Å². The van der Waals surface area contributed by atoms with Crippen LogP contribution in [0, 0.1) is 6.92 Å². The van der Waals surface area contributed by atoms with Crippen LogP contribution in [0.4, 0.5) is 0 Å². The van der Waals surface area contributed by atoms with Gasteiger partial charge in [-0.2, -0.15) is 0 Å². The first kappa shape index (κ1) is 26.0. The van der Waals surface area contributed by atoms with Crippen LogP contribution in [-0.2, 0) is 16.1 Å². The molecule has 1 aliphatic heterocycles. The highest BCUT2D eigenvalue weighted by atomic mass is 16.5. The highest BCUT2D eigenvalue weighted by molar-refractivity contribution is 6.46. The number of Topliss-reactive ketones (excluding diaryl/α,β-unsaturated/α-hetero) is 1. The van der Waals surface area contributed by atoms with Crippen molar-refractivity contribution < 1.29 is 24.2 Å². The molecule has 3 aromatic carbocycles. The Morgan fingerprint density at radius 3 is 2.41 bits per heavy atom. The Morgan fingerprint density at radius 2 is 1.70 bits per heavy atom. The van der Waals surface area contributed by atoms with E-state index in [1.165, 1.54) is 4.90 Å². The second kappa shape index (κ2) is 10.5.